The number of non-ortho nitro benzene ring substituents is 1. The van der Waals surface area contributed by atoms with Crippen LogP contribution in [0.4, 0.5) is 15.2 Å². The molecule has 38 heavy (non-hydrogen) atoms. The minimum atomic E-state index is -1.22. The van der Waals surface area contributed by atoms with E-state index in [2.05, 4.69) is 4.98 Å². The zero-order valence-electron chi connectivity index (χ0n) is 20.0. The van der Waals surface area contributed by atoms with E-state index in [0.717, 1.165) is 22.7 Å². The summed E-state index contributed by atoms with van der Waals surface area (Å²) in [5.41, 5.74) is 0.358. The van der Waals surface area contributed by atoms with E-state index in [0.29, 0.717) is 22.6 Å². The monoisotopic (exact) mass is 533 g/mol. The third-order valence-electron chi connectivity index (χ3n) is 5.97. The fourth-order valence-corrected chi connectivity index (χ4v) is 5.27. The van der Waals surface area contributed by atoms with E-state index in [-0.39, 0.29) is 27.5 Å². The first-order chi connectivity index (χ1) is 18.3. The molecule has 0 aliphatic carbocycles. The van der Waals surface area contributed by atoms with Gasteiger partial charge in [-0.2, -0.15) is 0 Å². The second kappa shape index (κ2) is 10.0. The standard InChI is InChI=1S/C27H20FN3O6S/c1-2-11-37-19-8-4-6-16(13-19)24(32)22-23(15-5-3-7-18(12-15)31(35)36)30(26(34)25(22)33)27-29-20-10-9-17(28)14-21(20)38-27/h3-10,12-14,23,32H,2,11H2,1H3/b24-22+. The van der Waals surface area contributed by atoms with Gasteiger partial charge in [-0.3, -0.25) is 24.6 Å². The number of hydrogen-bond acceptors (Lipinski definition) is 8. The molecule has 3 aromatic carbocycles. The van der Waals surface area contributed by atoms with Gasteiger partial charge in [0.15, 0.2) is 5.13 Å². The number of nitro groups is 1. The Balaban J connectivity index is 1.71. The summed E-state index contributed by atoms with van der Waals surface area (Å²) >= 11 is 0.988. The molecule has 1 aliphatic heterocycles. The average molecular weight is 534 g/mol. The van der Waals surface area contributed by atoms with Crippen LogP contribution in [0.1, 0.15) is 30.5 Å². The van der Waals surface area contributed by atoms with Gasteiger partial charge >= 0.3 is 5.91 Å². The molecule has 4 aromatic rings. The molecule has 0 bridgehead atoms. The maximum atomic E-state index is 13.8. The van der Waals surface area contributed by atoms with E-state index in [1.165, 1.54) is 42.5 Å². The Bertz CT molecular complexity index is 1630. The van der Waals surface area contributed by atoms with Gasteiger partial charge in [-0.05, 0) is 42.3 Å². The summed E-state index contributed by atoms with van der Waals surface area (Å²) in [4.78, 5) is 43.2. The van der Waals surface area contributed by atoms with Gasteiger partial charge in [0.1, 0.15) is 17.3 Å². The van der Waals surface area contributed by atoms with Crippen molar-refractivity contribution in [2.24, 2.45) is 0 Å². The van der Waals surface area contributed by atoms with Crippen molar-refractivity contribution in [2.45, 2.75) is 19.4 Å². The van der Waals surface area contributed by atoms with Gasteiger partial charge < -0.3 is 9.84 Å². The minimum Gasteiger partial charge on any atom is -0.507 e. The fourth-order valence-electron chi connectivity index (χ4n) is 4.25. The first-order valence-corrected chi connectivity index (χ1v) is 12.4. The number of carbonyl (C=O) groups excluding carboxylic acids is 2. The molecular formula is C27H20FN3O6S. The summed E-state index contributed by atoms with van der Waals surface area (Å²) in [5.74, 6) is -2.44. The number of ketones is 1. The van der Waals surface area contributed by atoms with Crippen molar-refractivity contribution < 1.29 is 28.7 Å². The third-order valence-corrected chi connectivity index (χ3v) is 6.98. The fraction of sp³-hybridized carbons (Fsp3) is 0.148. The van der Waals surface area contributed by atoms with Crippen LogP contribution in [0.2, 0.25) is 0 Å². The molecule has 0 spiro atoms. The molecule has 11 heteroatoms. The molecule has 1 amide bonds. The van der Waals surface area contributed by atoms with E-state index in [4.69, 9.17) is 4.74 Å². The quantitative estimate of drug-likeness (QED) is 0.105. The average Bonchev–Trinajstić information content (AvgIpc) is 3.44. The lowest BCUT2D eigenvalue weighted by Crippen LogP contribution is -2.29. The number of aliphatic hydroxyl groups excluding tert-OH is 1. The van der Waals surface area contributed by atoms with Crippen LogP contribution < -0.4 is 9.64 Å². The Morgan fingerprint density at radius 1 is 1.16 bits per heavy atom. The van der Waals surface area contributed by atoms with Gasteiger partial charge in [0, 0.05) is 17.7 Å². The number of hydrogen-bond donors (Lipinski definition) is 1. The Kier molecular flexibility index (Phi) is 6.60. The van der Waals surface area contributed by atoms with Crippen LogP contribution in [0.3, 0.4) is 0 Å². The minimum absolute atomic E-state index is 0.0864. The van der Waals surface area contributed by atoms with Gasteiger partial charge in [-0.25, -0.2) is 9.37 Å². The number of benzene rings is 3. The maximum Gasteiger partial charge on any atom is 0.301 e. The second-order valence-corrected chi connectivity index (χ2v) is 9.52. The number of halogens is 1. The summed E-state index contributed by atoms with van der Waals surface area (Å²) in [7, 11) is 0. The molecule has 0 saturated carbocycles. The first kappa shape index (κ1) is 25.0. The Hall–Kier alpha value is -4.64. The highest BCUT2D eigenvalue weighted by atomic mass is 32.1. The van der Waals surface area contributed by atoms with Crippen LogP contribution in [0.15, 0.2) is 72.3 Å². The van der Waals surface area contributed by atoms with Crippen molar-refractivity contribution in [3.63, 3.8) is 0 Å². The van der Waals surface area contributed by atoms with Gasteiger partial charge in [-0.1, -0.05) is 42.5 Å². The lowest BCUT2D eigenvalue weighted by molar-refractivity contribution is -0.384. The number of rotatable bonds is 7. The lowest BCUT2D eigenvalue weighted by atomic mass is 9.95. The molecule has 1 saturated heterocycles. The maximum absolute atomic E-state index is 13.8. The Morgan fingerprint density at radius 2 is 1.95 bits per heavy atom. The second-order valence-electron chi connectivity index (χ2n) is 8.51. The number of carbonyl (C=O) groups is 2. The highest BCUT2D eigenvalue weighted by Crippen LogP contribution is 2.45. The van der Waals surface area contributed by atoms with Crippen molar-refractivity contribution in [3.8, 4) is 5.75 Å². The summed E-state index contributed by atoms with van der Waals surface area (Å²) in [6, 6.07) is 14.6. The van der Waals surface area contributed by atoms with E-state index in [1.54, 1.807) is 24.3 Å². The number of fused-ring (bicyclic) bond motifs is 1. The predicted molar refractivity (Wildman–Crippen MR) is 140 cm³/mol. The number of Topliss-reactive ketones (excluding diaryl/α,β-unsaturated/α-hetero) is 1. The number of aromatic nitrogens is 1. The number of amides is 1. The molecule has 5 rings (SSSR count). The highest BCUT2D eigenvalue weighted by Gasteiger charge is 2.48. The summed E-state index contributed by atoms with van der Waals surface area (Å²) in [5, 5.41) is 22.9. The zero-order valence-corrected chi connectivity index (χ0v) is 20.8. The van der Waals surface area contributed by atoms with E-state index >= 15 is 0 Å². The number of aliphatic hydroxyl groups is 1. The molecule has 1 unspecified atom stereocenters. The smallest absolute Gasteiger partial charge is 0.301 e. The molecule has 2 heterocycles. The number of thiazole rings is 1. The van der Waals surface area contributed by atoms with Gasteiger partial charge in [0.25, 0.3) is 11.5 Å². The van der Waals surface area contributed by atoms with Gasteiger partial charge in [0.2, 0.25) is 0 Å². The number of anilines is 1. The molecule has 9 nitrogen and oxygen atoms in total. The number of ether oxygens (including phenoxy) is 1. The summed E-state index contributed by atoms with van der Waals surface area (Å²) in [6.07, 6.45) is 0.764. The molecule has 1 N–H and O–H groups in total. The molecule has 0 radical (unpaired) electrons. The largest absolute Gasteiger partial charge is 0.507 e. The lowest BCUT2D eigenvalue weighted by Gasteiger charge is -2.22. The molecule has 1 atom stereocenters. The van der Waals surface area contributed by atoms with Crippen LogP contribution in [-0.4, -0.2) is 33.3 Å². The third kappa shape index (κ3) is 4.48. The van der Waals surface area contributed by atoms with Crippen LogP contribution in [-0.2, 0) is 9.59 Å². The predicted octanol–water partition coefficient (Wildman–Crippen LogP) is 5.76. The Morgan fingerprint density at radius 3 is 2.71 bits per heavy atom. The van der Waals surface area contributed by atoms with Gasteiger partial charge in [-0.15, -0.1) is 0 Å². The molecular weight excluding hydrogens is 513 g/mol. The van der Waals surface area contributed by atoms with Gasteiger partial charge in [0.05, 0.1) is 33.4 Å². The van der Waals surface area contributed by atoms with Crippen molar-refractivity contribution >= 4 is 49.8 Å². The normalized spacial score (nSPS) is 16.8. The van der Waals surface area contributed by atoms with Crippen molar-refractivity contribution in [3.05, 3.63) is 99.4 Å². The summed E-state index contributed by atoms with van der Waals surface area (Å²) in [6.45, 7) is 2.39. The molecule has 1 fully saturated rings. The Labute approximate surface area is 219 Å². The van der Waals surface area contributed by atoms with E-state index in [1.807, 2.05) is 6.92 Å². The molecule has 1 aromatic heterocycles. The van der Waals surface area contributed by atoms with Crippen molar-refractivity contribution in [1.29, 1.82) is 0 Å². The topological polar surface area (TPSA) is 123 Å². The number of nitro benzene ring substituents is 1. The van der Waals surface area contributed by atoms with E-state index < -0.39 is 34.2 Å². The zero-order chi connectivity index (χ0) is 27.0. The van der Waals surface area contributed by atoms with E-state index in [9.17, 15) is 29.2 Å². The van der Waals surface area contributed by atoms with Crippen molar-refractivity contribution in [2.75, 3.05) is 11.5 Å². The highest BCUT2D eigenvalue weighted by molar-refractivity contribution is 7.22. The van der Waals surface area contributed by atoms with Crippen molar-refractivity contribution in [1.82, 2.24) is 4.98 Å². The van der Waals surface area contributed by atoms with Crippen LogP contribution in [0.5, 0.6) is 5.75 Å². The van der Waals surface area contributed by atoms with Crippen LogP contribution in [0.25, 0.3) is 16.0 Å². The molecule has 1 aliphatic rings. The molecule has 192 valence electrons. The first-order valence-electron chi connectivity index (χ1n) is 11.6. The van der Waals surface area contributed by atoms with Crippen LogP contribution in [0, 0.1) is 15.9 Å². The number of nitrogens with zero attached hydrogens (tertiary/aromatic N) is 3. The SMILES string of the molecule is CCCOc1cccc(/C(O)=C2\C(=O)C(=O)N(c3nc4ccc(F)cc4s3)C2c2cccc([N+](=O)[O-])c2)c1. The summed E-state index contributed by atoms with van der Waals surface area (Å²) < 4.78 is 19.9. The van der Waals surface area contributed by atoms with Crippen LogP contribution >= 0.6 is 11.3 Å².